The molecule has 2 rings (SSSR count). The van der Waals surface area contributed by atoms with Crippen LogP contribution in [0.2, 0.25) is 0 Å². The maximum Gasteiger partial charge on any atom is 0.222 e. The molecule has 5 nitrogen and oxygen atoms in total. The lowest BCUT2D eigenvalue weighted by Gasteiger charge is -2.41. The van der Waals surface area contributed by atoms with Crippen molar-refractivity contribution in [1.82, 2.24) is 9.62 Å². The van der Waals surface area contributed by atoms with Gasteiger partial charge in [0.1, 0.15) is 11.3 Å². The van der Waals surface area contributed by atoms with Crippen LogP contribution in [-0.4, -0.2) is 49.9 Å². The molecule has 0 aromatic heterocycles. The van der Waals surface area contributed by atoms with Crippen molar-refractivity contribution in [2.24, 2.45) is 0 Å². The minimum atomic E-state index is -3.30. The van der Waals surface area contributed by atoms with Gasteiger partial charge in [-0.05, 0) is 0 Å². The van der Waals surface area contributed by atoms with Gasteiger partial charge in [-0.25, -0.2) is 8.42 Å². The van der Waals surface area contributed by atoms with Crippen molar-refractivity contribution in [1.29, 1.82) is 0 Å². The zero-order chi connectivity index (χ0) is 8.98. The van der Waals surface area contributed by atoms with Crippen LogP contribution >= 0.6 is 0 Å². The molecule has 0 aromatic rings. The molecule has 0 aliphatic carbocycles. The highest BCUT2D eigenvalue weighted by atomic mass is 32.2. The van der Waals surface area contributed by atoms with Crippen molar-refractivity contribution in [2.45, 2.75) is 5.54 Å². The van der Waals surface area contributed by atoms with Gasteiger partial charge in [0.2, 0.25) is 10.0 Å². The number of Topliss-reactive ketones (excluding diaryl/α,β-unsaturated/α-hetero) is 1. The fraction of sp³-hybridized carbons (Fsp3) is 0.833. The standard InChI is InChI=1S/C6H10N2O3S/c1-8-6(3-7-4-6)5(9)2-12(8,10)11/h7H,2-4H2,1H3. The van der Waals surface area contributed by atoms with Crippen LogP contribution < -0.4 is 5.32 Å². The predicted octanol–water partition coefficient (Wildman–Crippen LogP) is -1.83. The maximum atomic E-state index is 11.3. The molecule has 2 heterocycles. The molecule has 6 heteroatoms. The number of nitrogens with one attached hydrogen (secondary N) is 1. The van der Waals surface area contributed by atoms with Gasteiger partial charge in [-0.3, -0.25) is 4.79 Å². The van der Waals surface area contributed by atoms with E-state index in [-0.39, 0.29) is 11.5 Å². The fourth-order valence-corrected chi connectivity index (χ4v) is 3.18. The van der Waals surface area contributed by atoms with Crippen molar-refractivity contribution >= 4 is 15.8 Å². The molecule has 68 valence electrons. The maximum absolute atomic E-state index is 11.3. The lowest BCUT2D eigenvalue weighted by molar-refractivity contribution is -0.126. The molecule has 1 spiro atoms. The van der Waals surface area contributed by atoms with E-state index in [1.807, 2.05) is 0 Å². The van der Waals surface area contributed by atoms with Crippen LogP contribution in [0, 0.1) is 0 Å². The zero-order valence-electron chi connectivity index (χ0n) is 6.70. The minimum absolute atomic E-state index is 0.177. The topological polar surface area (TPSA) is 66.5 Å². The van der Waals surface area contributed by atoms with Crippen molar-refractivity contribution in [2.75, 3.05) is 25.9 Å². The number of hydrogen-bond acceptors (Lipinski definition) is 4. The molecule has 2 fully saturated rings. The molecule has 0 bridgehead atoms. The Morgan fingerprint density at radius 1 is 1.50 bits per heavy atom. The van der Waals surface area contributed by atoms with Crippen LogP contribution in [0.25, 0.3) is 0 Å². The van der Waals surface area contributed by atoms with Gasteiger partial charge in [0, 0.05) is 20.1 Å². The fourth-order valence-electron chi connectivity index (χ4n) is 1.62. The quantitative estimate of drug-likeness (QED) is 0.488. The third kappa shape index (κ3) is 0.746. The summed E-state index contributed by atoms with van der Waals surface area (Å²) in [6, 6.07) is 0. The summed E-state index contributed by atoms with van der Waals surface area (Å²) in [5.41, 5.74) is -0.737. The Kier molecular flexibility index (Phi) is 1.40. The molecule has 0 amide bonds. The third-order valence-electron chi connectivity index (χ3n) is 2.69. The van der Waals surface area contributed by atoms with Crippen LogP contribution in [-0.2, 0) is 14.8 Å². The second kappa shape index (κ2) is 2.07. The van der Waals surface area contributed by atoms with Gasteiger partial charge in [0.05, 0.1) is 0 Å². The van der Waals surface area contributed by atoms with Gasteiger partial charge < -0.3 is 5.32 Å². The van der Waals surface area contributed by atoms with Gasteiger partial charge in [-0.1, -0.05) is 0 Å². The first-order chi connectivity index (χ1) is 5.49. The second-order valence-electron chi connectivity index (χ2n) is 3.28. The number of rotatable bonds is 0. The highest BCUT2D eigenvalue weighted by Gasteiger charge is 2.57. The molecule has 2 aliphatic rings. The highest BCUT2D eigenvalue weighted by Crippen LogP contribution is 2.30. The summed E-state index contributed by atoms with van der Waals surface area (Å²) in [4.78, 5) is 11.3. The molecule has 2 aliphatic heterocycles. The van der Waals surface area contributed by atoms with Crippen LogP contribution in [0.3, 0.4) is 0 Å². The average Bonchev–Trinajstić information content (AvgIpc) is 1.98. The summed E-state index contributed by atoms with van der Waals surface area (Å²) < 4.78 is 23.7. The first-order valence-corrected chi connectivity index (χ1v) is 5.31. The lowest BCUT2D eigenvalue weighted by Crippen LogP contribution is -2.69. The summed E-state index contributed by atoms with van der Waals surface area (Å²) in [5, 5.41) is 2.92. The number of hydrogen-bond donors (Lipinski definition) is 1. The summed E-state index contributed by atoms with van der Waals surface area (Å²) in [7, 11) is -1.83. The van der Waals surface area contributed by atoms with Gasteiger partial charge in [-0.2, -0.15) is 4.31 Å². The second-order valence-corrected chi connectivity index (χ2v) is 5.28. The molecular formula is C6H10N2O3S. The Labute approximate surface area is 70.8 Å². The van der Waals surface area contributed by atoms with Gasteiger partial charge in [0.15, 0.2) is 5.78 Å². The van der Waals surface area contributed by atoms with Crippen LogP contribution in [0.5, 0.6) is 0 Å². The Morgan fingerprint density at radius 3 is 2.25 bits per heavy atom. The number of likely N-dealkylation sites (N-methyl/N-ethyl adjacent to an activating group) is 1. The predicted molar refractivity (Wildman–Crippen MR) is 42.2 cm³/mol. The largest absolute Gasteiger partial charge is 0.312 e. The Balaban J connectivity index is 2.45. The molecule has 0 radical (unpaired) electrons. The number of sulfonamides is 1. The Hall–Kier alpha value is -0.460. The van der Waals surface area contributed by atoms with E-state index in [2.05, 4.69) is 5.32 Å². The van der Waals surface area contributed by atoms with E-state index >= 15 is 0 Å². The third-order valence-corrected chi connectivity index (χ3v) is 4.50. The molecule has 1 N–H and O–H groups in total. The van der Waals surface area contributed by atoms with Crippen LogP contribution in [0.15, 0.2) is 0 Å². The van der Waals surface area contributed by atoms with Gasteiger partial charge in [-0.15, -0.1) is 0 Å². The van der Waals surface area contributed by atoms with Gasteiger partial charge >= 0.3 is 0 Å². The van der Waals surface area contributed by atoms with E-state index in [0.29, 0.717) is 13.1 Å². The Bertz CT molecular complexity index is 331. The van der Waals surface area contributed by atoms with Crippen molar-refractivity contribution < 1.29 is 13.2 Å². The average molecular weight is 190 g/mol. The normalized spacial score (nSPS) is 32.2. The van der Waals surface area contributed by atoms with E-state index in [0.717, 1.165) is 0 Å². The molecule has 2 saturated heterocycles. The van der Waals surface area contributed by atoms with Crippen molar-refractivity contribution in [3.05, 3.63) is 0 Å². The number of nitrogens with zero attached hydrogens (tertiary/aromatic N) is 1. The molecule has 12 heavy (non-hydrogen) atoms. The minimum Gasteiger partial charge on any atom is -0.312 e. The number of carbonyl (C=O) groups excluding carboxylic acids is 1. The summed E-state index contributed by atoms with van der Waals surface area (Å²) in [5.74, 6) is -0.505. The van der Waals surface area contributed by atoms with Crippen LogP contribution in [0.1, 0.15) is 0 Å². The van der Waals surface area contributed by atoms with E-state index in [9.17, 15) is 13.2 Å². The molecule has 0 atom stereocenters. The summed E-state index contributed by atoms with van der Waals surface area (Å²) in [6.45, 7) is 0.920. The number of carbonyl (C=O) groups is 1. The summed E-state index contributed by atoms with van der Waals surface area (Å²) in [6.07, 6.45) is 0. The summed E-state index contributed by atoms with van der Waals surface area (Å²) >= 11 is 0. The Morgan fingerprint density at radius 2 is 2.08 bits per heavy atom. The molecular weight excluding hydrogens is 180 g/mol. The van der Waals surface area contributed by atoms with Crippen LogP contribution in [0.4, 0.5) is 0 Å². The van der Waals surface area contributed by atoms with E-state index in [4.69, 9.17) is 0 Å². The molecule has 0 saturated carbocycles. The first kappa shape index (κ1) is 8.15. The highest BCUT2D eigenvalue weighted by molar-refractivity contribution is 7.90. The van der Waals surface area contributed by atoms with Gasteiger partial charge in [0.25, 0.3) is 0 Å². The van der Waals surface area contributed by atoms with E-state index in [1.165, 1.54) is 11.4 Å². The molecule has 0 aromatic carbocycles. The SMILES string of the molecule is CN1C2(CNC2)C(=O)CS1(=O)=O. The molecule has 0 unspecified atom stereocenters. The van der Waals surface area contributed by atoms with E-state index in [1.54, 1.807) is 0 Å². The van der Waals surface area contributed by atoms with Crippen molar-refractivity contribution in [3.63, 3.8) is 0 Å². The smallest absolute Gasteiger partial charge is 0.222 e. The first-order valence-electron chi connectivity index (χ1n) is 3.70. The van der Waals surface area contributed by atoms with Crippen molar-refractivity contribution in [3.8, 4) is 0 Å². The zero-order valence-corrected chi connectivity index (χ0v) is 7.52. The lowest BCUT2D eigenvalue weighted by atomic mass is 9.89. The van der Waals surface area contributed by atoms with E-state index < -0.39 is 15.6 Å². The monoisotopic (exact) mass is 190 g/mol. The number of ketones is 1.